The molecular weight excluding hydrogens is 294 g/mol. The van der Waals surface area contributed by atoms with Crippen LogP contribution < -0.4 is 4.90 Å². The Balaban J connectivity index is 1.96. The van der Waals surface area contributed by atoms with E-state index in [1.807, 2.05) is 11.0 Å². The van der Waals surface area contributed by atoms with Crippen LogP contribution in [0.2, 0.25) is 5.02 Å². The van der Waals surface area contributed by atoms with E-state index in [0.717, 1.165) is 0 Å². The van der Waals surface area contributed by atoms with Crippen molar-refractivity contribution >= 4 is 17.4 Å². The summed E-state index contributed by atoms with van der Waals surface area (Å²) < 4.78 is 11.0. The molecule has 108 valence electrons. The molecule has 0 saturated carbocycles. The van der Waals surface area contributed by atoms with E-state index in [-0.39, 0.29) is 6.04 Å². The van der Waals surface area contributed by atoms with Gasteiger partial charge in [-0.2, -0.15) is 5.26 Å². The summed E-state index contributed by atoms with van der Waals surface area (Å²) in [4.78, 5) is 6.24. The van der Waals surface area contributed by atoms with E-state index in [1.165, 1.54) is 6.20 Å². The maximum Gasteiger partial charge on any atom is 0.241 e. The Kier molecular flexibility index (Phi) is 3.73. The molecule has 0 bridgehead atoms. The van der Waals surface area contributed by atoms with Gasteiger partial charge >= 0.3 is 0 Å². The number of anilines is 1. The molecule has 21 heavy (non-hydrogen) atoms. The Morgan fingerprint density at radius 2 is 2.33 bits per heavy atom. The molecule has 0 N–H and O–H groups in total. The average Bonchev–Trinajstić information content (AvgIpc) is 2.93. The Bertz CT molecular complexity index is 696. The number of pyridine rings is 1. The lowest BCUT2D eigenvalue weighted by atomic mass is 10.2. The predicted molar refractivity (Wildman–Crippen MR) is 73.9 cm³/mol. The van der Waals surface area contributed by atoms with Crippen LogP contribution in [0.3, 0.4) is 0 Å². The summed E-state index contributed by atoms with van der Waals surface area (Å²) in [6.45, 7) is 3.31. The smallest absolute Gasteiger partial charge is 0.241 e. The molecule has 1 aliphatic heterocycles. The number of hydrogen-bond donors (Lipinski definition) is 0. The summed E-state index contributed by atoms with van der Waals surface area (Å²) in [5.74, 6) is 1.55. The zero-order chi connectivity index (χ0) is 14.8. The first-order valence-electron chi connectivity index (χ1n) is 6.39. The minimum atomic E-state index is -0.238. The van der Waals surface area contributed by atoms with Gasteiger partial charge in [-0.05, 0) is 6.07 Å². The van der Waals surface area contributed by atoms with Crippen molar-refractivity contribution in [3.63, 3.8) is 0 Å². The van der Waals surface area contributed by atoms with E-state index in [1.54, 1.807) is 13.0 Å². The Morgan fingerprint density at radius 3 is 3.00 bits per heavy atom. The standard InChI is InChI=1S/C13H12ClN5O2/c1-8-17-18-13(21-8)11-7-20-3-2-19(11)12-10(14)4-9(5-15)6-16-12/h4,6,11H,2-3,7H2,1H3. The Labute approximate surface area is 126 Å². The van der Waals surface area contributed by atoms with Crippen molar-refractivity contribution in [2.45, 2.75) is 13.0 Å². The molecule has 3 heterocycles. The van der Waals surface area contributed by atoms with Crippen molar-refractivity contribution in [2.75, 3.05) is 24.7 Å². The van der Waals surface area contributed by atoms with Gasteiger partial charge in [-0.1, -0.05) is 11.6 Å². The first-order chi connectivity index (χ1) is 10.2. The van der Waals surface area contributed by atoms with Crippen molar-refractivity contribution in [3.8, 4) is 6.07 Å². The van der Waals surface area contributed by atoms with Crippen LogP contribution in [-0.2, 0) is 4.74 Å². The molecule has 0 radical (unpaired) electrons. The maximum atomic E-state index is 8.88. The number of halogens is 1. The van der Waals surface area contributed by atoms with Crippen LogP contribution in [0.1, 0.15) is 23.4 Å². The number of aromatic nitrogens is 3. The van der Waals surface area contributed by atoms with Crippen molar-refractivity contribution in [1.82, 2.24) is 15.2 Å². The highest BCUT2D eigenvalue weighted by molar-refractivity contribution is 6.33. The van der Waals surface area contributed by atoms with Crippen molar-refractivity contribution < 1.29 is 9.15 Å². The number of ether oxygens (including phenoxy) is 1. The normalized spacial score (nSPS) is 18.5. The monoisotopic (exact) mass is 305 g/mol. The minimum absolute atomic E-state index is 0.238. The average molecular weight is 306 g/mol. The SMILES string of the molecule is Cc1nnc(C2COCCN2c2ncc(C#N)cc2Cl)o1. The number of hydrogen-bond acceptors (Lipinski definition) is 7. The van der Waals surface area contributed by atoms with E-state index in [4.69, 9.17) is 26.0 Å². The van der Waals surface area contributed by atoms with Gasteiger partial charge in [0.15, 0.2) is 0 Å². The van der Waals surface area contributed by atoms with Crippen LogP contribution >= 0.6 is 11.6 Å². The van der Waals surface area contributed by atoms with Gasteiger partial charge in [0.25, 0.3) is 0 Å². The largest absolute Gasteiger partial charge is 0.423 e. The molecule has 1 unspecified atom stereocenters. The van der Waals surface area contributed by atoms with Crippen molar-refractivity contribution in [1.29, 1.82) is 5.26 Å². The minimum Gasteiger partial charge on any atom is -0.423 e. The molecular formula is C13H12ClN5O2. The maximum absolute atomic E-state index is 8.88. The molecule has 0 amide bonds. The highest BCUT2D eigenvalue weighted by Gasteiger charge is 2.31. The predicted octanol–water partition coefficient (Wildman–Crippen LogP) is 1.88. The fraction of sp³-hybridized carbons (Fsp3) is 0.385. The molecule has 7 nitrogen and oxygen atoms in total. The third-order valence-corrected chi connectivity index (χ3v) is 3.46. The summed E-state index contributed by atoms with van der Waals surface area (Å²) in [7, 11) is 0. The van der Waals surface area contributed by atoms with Crippen LogP contribution in [0, 0.1) is 18.3 Å². The van der Waals surface area contributed by atoms with E-state index in [0.29, 0.717) is 47.9 Å². The quantitative estimate of drug-likeness (QED) is 0.836. The summed E-state index contributed by atoms with van der Waals surface area (Å²) in [5.41, 5.74) is 0.419. The number of rotatable bonds is 2. The zero-order valence-electron chi connectivity index (χ0n) is 11.3. The van der Waals surface area contributed by atoms with Crippen LogP contribution in [0.5, 0.6) is 0 Å². The van der Waals surface area contributed by atoms with Gasteiger partial charge in [-0.15, -0.1) is 10.2 Å². The van der Waals surface area contributed by atoms with Gasteiger partial charge in [0.2, 0.25) is 11.8 Å². The van der Waals surface area contributed by atoms with Crippen LogP contribution in [0.4, 0.5) is 5.82 Å². The van der Waals surface area contributed by atoms with E-state index in [9.17, 15) is 0 Å². The van der Waals surface area contributed by atoms with Gasteiger partial charge in [0, 0.05) is 19.7 Å². The van der Waals surface area contributed by atoms with Crippen molar-refractivity contribution in [3.05, 3.63) is 34.6 Å². The fourth-order valence-electron chi connectivity index (χ4n) is 2.21. The molecule has 1 aliphatic rings. The third-order valence-electron chi connectivity index (χ3n) is 3.18. The molecule has 0 spiro atoms. The number of aryl methyl sites for hydroxylation is 1. The molecule has 0 aliphatic carbocycles. The molecule has 2 aromatic heterocycles. The lowest BCUT2D eigenvalue weighted by Gasteiger charge is -2.34. The Hall–Kier alpha value is -2.17. The van der Waals surface area contributed by atoms with E-state index in [2.05, 4.69) is 15.2 Å². The zero-order valence-corrected chi connectivity index (χ0v) is 12.0. The van der Waals surface area contributed by atoms with Gasteiger partial charge < -0.3 is 14.1 Å². The highest BCUT2D eigenvalue weighted by Crippen LogP contribution is 2.32. The molecule has 1 fully saturated rings. The van der Waals surface area contributed by atoms with Crippen LogP contribution in [0.25, 0.3) is 0 Å². The van der Waals surface area contributed by atoms with E-state index < -0.39 is 0 Å². The molecule has 2 aromatic rings. The first-order valence-corrected chi connectivity index (χ1v) is 6.77. The lowest BCUT2D eigenvalue weighted by Crippen LogP contribution is -2.40. The summed E-state index contributed by atoms with van der Waals surface area (Å²) in [5, 5.41) is 17.2. The molecule has 1 atom stereocenters. The topological polar surface area (TPSA) is 88.1 Å². The third kappa shape index (κ3) is 2.68. The highest BCUT2D eigenvalue weighted by atomic mass is 35.5. The Morgan fingerprint density at radius 1 is 1.48 bits per heavy atom. The second-order valence-corrected chi connectivity index (χ2v) is 4.99. The second kappa shape index (κ2) is 5.68. The van der Waals surface area contributed by atoms with Gasteiger partial charge in [-0.25, -0.2) is 4.98 Å². The molecule has 0 aromatic carbocycles. The number of nitrogens with zero attached hydrogens (tertiary/aromatic N) is 5. The summed E-state index contributed by atoms with van der Waals surface area (Å²) >= 11 is 6.24. The number of morpholine rings is 1. The van der Waals surface area contributed by atoms with Gasteiger partial charge in [0.1, 0.15) is 17.9 Å². The molecule has 1 saturated heterocycles. The summed E-state index contributed by atoms with van der Waals surface area (Å²) in [6.07, 6.45) is 1.49. The van der Waals surface area contributed by atoms with Gasteiger partial charge in [-0.3, -0.25) is 0 Å². The molecule has 8 heteroatoms. The van der Waals surface area contributed by atoms with Crippen LogP contribution in [0.15, 0.2) is 16.7 Å². The summed E-state index contributed by atoms with van der Waals surface area (Å²) in [6, 6.07) is 3.37. The van der Waals surface area contributed by atoms with Gasteiger partial charge in [0.05, 0.1) is 23.8 Å². The first kappa shape index (κ1) is 13.8. The second-order valence-electron chi connectivity index (χ2n) is 4.58. The fourth-order valence-corrected chi connectivity index (χ4v) is 2.49. The van der Waals surface area contributed by atoms with Crippen molar-refractivity contribution in [2.24, 2.45) is 0 Å². The molecule has 3 rings (SSSR count). The van der Waals surface area contributed by atoms with Crippen LogP contribution in [-0.4, -0.2) is 34.9 Å². The number of nitriles is 1. The van der Waals surface area contributed by atoms with E-state index >= 15 is 0 Å². The lowest BCUT2D eigenvalue weighted by molar-refractivity contribution is 0.0853.